The molecule has 1 N–H and O–H groups in total. The highest BCUT2D eigenvalue weighted by atomic mass is 15.5. The molecular formula is C10H9N5. The van der Waals surface area contributed by atoms with Gasteiger partial charge < -0.3 is 0 Å². The molecule has 0 bridgehead atoms. The van der Waals surface area contributed by atoms with E-state index in [4.69, 9.17) is 0 Å². The summed E-state index contributed by atoms with van der Waals surface area (Å²) in [5.74, 6) is 0.766. The van der Waals surface area contributed by atoms with Crippen LogP contribution in [0.15, 0.2) is 30.6 Å². The maximum Gasteiger partial charge on any atom is 0.176 e. The molecule has 0 radical (unpaired) electrons. The van der Waals surface area contributed by atoms with Gasteiger partial charge in [-0.05, 0) is 19.1 Å². The number of nitrogens with one attached hydrogen (secondary N) is 1. The number of hydrogen-bond acceptors (Lipinski definition) is 3. The maximum atomic E-state index is 4.26. The van der Waals surface area contributed by atoms with Crippen LogP contribution in [0.2, 0.25) is 0 Å². The molecule has 0 amide bonds. The standard InChI is InChI=1S/C10H9N5/c1-7-12-10-6-9(14-15(10)13-7)8-2-4-11-5-3-8/h2-6,14H,1H3. The van der Waals surface area contributed by atoms with Crippen molar-refractivity contribution < 1.29 is 0 Å². The predicted molar refractivity (Wildman–Crippen MR) is 55.3 cm³/mol. The van der Waals surface area contributed by atoms with Crippen LogP contribution in [0.4, 0.5) is 0 Å². The molecule has 15 heavy (non-hydrogen) atoms. The zero-order valence-corrected chi connectivity index (χ0v) is 8.18. The Morgan fingerprint density at radius 3 is 2.80 bits per heavy atom. The van der Waals surface area contributed by atoms with Gasteiger partial charge in [-0.25, -0.2) is 4.98 Å². The first-order valence-corrected chi connectivity index (χ1v) is 4.66. The largest absolute Gasteiger partial charge is 0.276 e. The first-order valence-electron chi connectivity index (χ1n) is 4.66. The van der Waals surface area contributed by atoms with Gasteiger partial charge in [-0.3, -0.25) is 10.1 Å². The van der Waals surface area contributed by atoms with E-state index in [9.17, 15) is 0 Å². The van der Waals surface area contributed by atoms with E-state index in [1.807, 2.05) is 25.1 Å². The van der Waals surface area contributed by atoms with Gasteiger partial charge in [0, 0.05) is 24.0 Å². The van der Waals surface area contributed by atoms with Crippen molar-refractivity contribution in [2.75, 3.05) is 0 Å². The fourth-order valence-corrected chi connectivity index (χ4v) is 1.56. The number of aryl methyl sites for hydroxylation is 1. The van der Waals surface area contributed by atoms with Crippen molar-refractivity contribution in [3.05, 3.63) is 36.4 Å². The smallest absolute Gasteiger partial charge is 0.176 e. The first-order chi connectivity index (χ1) is 7.33. The second-order valence-electron chi connectivity index (χ2n) is 3.33. The van der Waals surface area contributed by atoms with Gasteiger partial charge in [0.1, 0.15) is 5.82 Å². The Hall–Kier alpha value is -2.17. The van der Waals surface area contributed by atoms with Gasteiger partial charge >= 0.3 is 0 Å². The quantitative estimate of drug-likeness (QED) is 0.645. The minimum absolute atomic E-state index is 0.766. The molecular weight excluding hydrogens is 190 g/mol. The van der Waals surface area contributed by atoms with Gasteiger partial charge in [-0.1, -0.05) is 0 Å². The third-order valence-electron chi connectivity index (χ3n) is 2.23. The Morgan fingerprint density at radius 2 is 2.07 bits per heavy atom. The Balaban J connectivity index is 2.16. The van der Waals surface area contributed by atoms with E-state index < -0.39 is 0 Å². The number of aromatic nitrogens is 5. The highest BCUT2D eigenvalue weighted by Crippen LogP contribution is 2.17. The number of nitrogens with zero attached hydrogens (tertiary/aromatic N) is 4. The Bertz CT molecular complexity index is 561. The number of rotatable bonds is 1. The van der Waals surface area contributed by atoms with E-state index in [1.165, 1.54) is 0 Å². The fourth-order valence-electron chi connectivity index (χ4n) is 1.56. The van der Waals surface area contributed by atoms with E-state index in [0.717, 1.165) is 22.7 Å². The van der Waals surface area contributed by atoms with Crippen LogP contribution >= 0.6 is 0 Å². The van der Waals surface area contributed by atoms with Crippen LogP contribution in [-0.4, -0.2) is 24.8 Å². The fraction of sp³-hybridized carbons (Fsp3) is 0.100. The molecule has 0 aliphatic heterocycles. The lowest BCUT2D eigenvalue weighted by Gasteiger charge is -1.94. The van der Waals surface area contributed by atoms with Crippen LogP contribution in [-0.2, 0) is 0 Å². The van der Waals surface area contributed by atoms with Crippen molar-refractivity contribution in [3.8, 4) is 11.3 Å². The first kappa shape index (κ1) is 8.16. The second kappa shape index (κ2) is 2.91. The summed E-state index contributed by atoms with van der Waals surface area (Å²) >= 11 is 0. The summed E-state index contributed by atoms with van der Waals surface area (Å²) in [6.07, 6.45) is 3.52. The van der Waals surface area contributed by atoms with Crippen LogP contribution in [0.1, 0.15) is 5.82 Å². The molecule has 0 aromatic carbocycles. The molecule has 5 nitrogen and oxygen atoms in total. The summed E-state index contributed by atoms with van der Waals surface area (Å²) in [6.45, 7) is 1.87. The Kier molecular flexibility index (Phi) is 1.58. The topological polar surface area (TPSA) is 58.9 Å². The minimum atomic E-state index is 0.766. The van der Waals surface area contributed by atoms with E-state index in [1.54, 1.807) is 17.0 Å². The molecule has 3 rings (SSSR count). The highest BCUT2D eigenvalue weighted by Gasteiger charge is 2.05. The van der Waals surface area contributed by atoms with E-state index in [-0.39, 0.29) is 0 Å². The molecule has 0 unspecified atom stereocenters. The summed E-state index contributed by atoms with van der Waals surface area (Å²) in [5, 5.41) is 7.34. The van der Waals surface area contributed by atoms with Crippen LogP contribution in [0.25, 0.3) is 16.9 Å². The third-order valence-corrected chi connectivity index (χ3v) is 2.23. The summed E-state index contributed by atoms with van der Waals surface area (Å²) < 4.78 is 1.67. The monoisotopic (exact) mass is 199 g/mol. The lowest BCUT2D eigenvalue weighted by atomic mass is 10.2. The molecule has 0 atom stereocenters. The molecule has 0 saturated carbocycles. The van der Waals surface area contributed by atoms with Crippen molar-refractivity contribution in [2.24, 2.45) is 0 Å². The van der Waals surface area contributed by atoms with Crippen molar-refractivity contribution in [3.63, 3.8) is 0 Å². The number of aromatic amines is 1. The second-order valence-corrected chi connectivity index (χ2v) is 3.33. The molecule has 0 spiro atoms. The summed E-state index contributed by atoms with van der Waals surface area (Å²) in [6, 6.07) is 5.85. The van der Waals surface area contributed by atoms with Crippen LogP contribution < -0.4 is 0 Å². The summed E-state index contributed by atoms with van der Waals surface area (Å²) in [4.78, 5) is 8.24. The van der Waals surface area contributed by atoms with E-state index in [2.05, 4.69) is 20.2 Å². The van der Waals surface area contributed by atoms with Crippen LogP contribution in [0, 0.1) is 6.92 Å². The minimum Gasteiger partial charge on any atom is -0.276 e. The van der Waals surface area contributed by atoms with Gasteiger partial charge in [0.25, 0.3) is 0 Å². The number of pyridine rings is 1. The van der Waals surface area contributed by atoms with Gasteiger partial charge in [0.15, 0.2) is 5.65 Å². The normalized spacial score (nSPS) is 11.0. The molecule has 74 valence electrons. The molecule has 0 aliphatic carbocycles. The van der Waals surface area contributed by atoms with Crippen LogP contribution in [0.5, 0.6) is 0 Å². The molecule has 0 fully saturated rings. The Morgan fingerprint density at radius 1 is 1.27 bits per heavy atom. The maximum absolute atomic E-state index is 4.26. The SMILES string of the molecule is Cc1nc2cc(-c3ccncc3)[nH]n2n1. The molecule has 3 aromatic rings. The van der Waals surface area contributed by atoms with Crippen LogP contribution in [0.3, 0.4) is 0 Å². The summed E-state index contributed by atoms with van der Waals surface area (Å²) in [5.41, 5.74) is 2.90. The summed E-state index contributed by atoms with van der Waals surface area (Å²) in [7, 11) is 0. The predicted octanol–water partition coefficient (Wildman–Crippen LogP) is 1.43. The molecule has 0 saturated heterocycles. The van der Waals surface area contributed by atoms with Gasteiger partial charge in [0.05, 0.1) is 5.69 Å². The zero-order chi connectivity index (χ0) is 10.3. The Labute approximate surface area is 85.8 Å². The van der Waals surface area contributed by atoms with Gasteiger partial charge in [-0.15, -0.1) is 5.10 Å². The molecule has 5 heteroatoms. The average Bonchev–Trinajstić information content (AvgIpc) is 2.76. The zero-order valence-electron chi connectivity index (χ0n) is 8.18. The van der Waals surface area contributed by atoms with E-state index in [0.29, 0.717) is 0 Å². The molecule has 3 heterocycles. The lowest BCUT2D eigenvalue weighted by Crippen LogP contribution is -1.87. The van der Waals surface area contributed by atoms with Crippen molar-refractivity contribution >= 4 is 5.65 Å². The number of H-pyrrole nitrogens is 1. The molecule has 0 aliphatic rings. The van der Waals surface area contributed by atoms with Crippen molar-refractivity contribution in [1.29, 1.82) is 0 Å². The molecule has 3 aromatic heterocycles. The highest BCUT2D eigenvalue weighted by molar-refractivity contribution is 5.63. The number of fused-ring (bicyclic) bond motifs is 1. The van der Waals surface area contributed by atoms with E-state index >= 15 is 0 Å². The lowest BCUT2D eigenvalue weighted by molar-refractivity contribution is 0.809. The van der Waals surface area contributed by atoms with Gasteiger partial charge in [0.2, 0.25) is 0 Å². The average molecular weight is 199 g/mol. The van der Waals surface area contributed by atoms with Crippen molar-refractivity contribution in [1.82, 2.24) is 24.8 Å². The third kappa shape index (κ3) is 1.28. The van der Waals surface area contributed by atoms with Gasteiger partial charge in [-0.2, -0.15) is 4.63 Å². The number of hydrogen-bond donors (Lipinski definition) is 1. The van der Waals surface area contributed by atoms with Crippen molar-refractivity contribution in [2.45, 2.75) is 6.92 Å².